The van der Waals surface area contributed by atoms with Gasteiger partial charge in [-0.1, -0.05) is 17.7 Å². The number of aromatic nitrogens is 2. The fraction of sp³-hybridized carbons (Fsp3) is 0. The van der Waals surface area contributed by atoms with Gasteiger partial charge in [0.15, 0.2) is 5.52 Å². The molecule has 0 fully saturated rings. The fourth-order valence-corrected chi connectivity index (χ4v) is 2.08. The number of nitrogens with zero attached hydrogens (tertiary/aromatic N) is 3. The van der Waals surface area contributed by atoms with E-state index in [-0.39, 0.29) is 11.2 Å². The molecule has 0 aliphatic rings. The molecule has 6 nitrogen and oxygen atoms in total. The number of ether oxygens (including phenoxy) is 1. The molecule has 0 bridgehead atoms. The van der Waals surface area contributed by atoms with Gasteiger partial charge in [0.2, 0.25) is 5.88 Å². The maximum Gasteiger partial charge on any atom is 0.295 e. The maximum atomic E-state index is 11.0. The zero-order chi connectivity index (χ0) is 14.8. The van der Waals surface area contributed by atoms with Gasteiger partial charge in [-0.15, -0.1) is 0 Å². The molecule has 0 N–H and O–H groups in total. The van der Waals surface area contributed by atoms with Crippen molar-refractivity contribution in [2.45, 2.75) is 0 Å². The molecule has 3 rings (SSSR count). The first-order valence-electron chi connectivity index (χ1n) is 5.98. The number of non-ortho nitro benzene ring substituents is 1. The van der Waals surface area contributed by atoms with E-state index in [1.807, 2.05) is 0 Å². The van der Waals surface area contributed by atoms with Gasteiger partial charge < -0.3 is 4.74 Å². The minimum absolute atomic E-state index is 0.0722. The molecule has 0 radical (unpaired) electrons. The number of hydrogen-bond acceptors (Lipinski definition) is 5. The molecule has 0 spiro atoms. The highest BCUT2D eigenvalue weighted by atomic mass is 35.5. The Morgan fingerprint density at radius 2 is 2.00 bits per heavy atom. The highest BCUT2D eigenvalue weighted by Crippen LogP contribution is 2.33. The van der Waals surface area contributed by atoms with E-state index in [0.29, 0.717) is 22.2 Å². The summed E-state index contributed by atoms with van der Waals surface area (Å²) in [4.78, 5) is 18.6. The van der Waals surface area contributed by atoms with Crippen LogP contribution in [0.1, 0.15) is 0 Å². The van der Waals surface area contributed by atoms with E-state index in [2.05, 4.69) is 9.97 Å². The van der Waals surface area contributed by atoms with Crippen LogP contribution in [0.2, 0.25) is 5.15 Å². The summed E-state index contributed by atoms with van der Waals surface area (Å²) in [7, 11) is 0. The minimum atomic E-state index is -0.475. The van der Waals surface area contributed by atoms with Crippen LogP contribution in [0, 0.1) is 10.1 Å². The number of pyridine rings is 2. The minimum Gasteiger partial charge on any atom is -0.438 e. The molecular formula is C14H8ClN3O3. The number of halogens is 1. The van der Waals surface area contributed by atoms with Gasteiger partial charge in [-0.3, -0.25) is 10.1 Å². The third-order valence-corrected chi connectivity index (χ3v) is 3.02. The predicted molar refractivity (Wildman–Crippen MR) is 77.7 cm³/mol. The SMILES string of the molecule is O=[N+]([O-])c1ccc(Oc2cccc(Cl)n2)c2cccnc12. The second kappa shape index (κ2) is 5.34. The Hall–Kier alpha value is -2.73. The van der Waals surface area contributed by atoms with Gasteiger partial charge in [0.1, 0.15) is 10.9 Å². The lowest BCUT2D eigenvalue weighted by atomic mass is 10.1. The van der Waals surface area contributed by atoms with Crippen molar-refractivity contribution < 1.29 is 9.66 Å². The third-order valence-electron chi connectivity index (χ3n) is 2.81. The average Bonchev–Trinajstić information content (AvgIpc) is 2.47. The van der Waals surface area contributed by atoms with Crippen LogP contribution in [0.25, 0.3) is 10.9 Å². The smallest absolute Gasteiger partial charge is 0.295 e. The van der Waals surface area contributed by atoms with E-state index >= 15 is 0 Å². The van der Waals surface area contributed by atoms with Crippen LogP contribution in [0.4, 0.5) is 5.69 Å². The van der Waals surface area contributed by atoms with Gasteiger partial charge in [0, 0.05) is 18.3 Å². The Morgan fingerprint density at radius 3 is 2.76 bits per heavy atom. The van der Waals surface area contributed by atoms with Crippen LogP contribution in [-0.4, -0.2) is 14.9 Å². The fourth-order valence-electron chi connectivity index (χ4n) is 1.93. The zero-order valence-electron chi connectivity index (χ0n) is 10.6. The molecule has 0 amide bonds. The van der Waals surface area contributed by atoms with Crippen molar-refractivity contribution in [2.75, 3.05) is 0 Å². The van der Waals surface area contributed by atoms with E-state index in [0.717, 1.165) is 0 Å². The molecule has 2 heterocycles. The summed E-state index contributed by atoms with van der Waals surface area (Å²) in [6.07, 6.45) is 1.50. The van der Waals surface area contributed by atoms with Crippen LogP contribution in [-0.2, 0) is 0 Å². The topological polar surface area (TPSA) is 78.2 Å². The second-order valence-electron chi connectivity index (χ2n) is 4.14. The van der Waals surface area contributed by atoms with Crippen molar-refractivity contribution in [2.24, 2.45) is 0 Å². The molecule has 2 aromatic heterocycles. The molecule has 21 heavy (non-hydrogen) atoms. The Bertz CT molecular complexity index is 839. The van der Waals surface area contributed by atoms with Crippen molar-refractivity contribution in [3.05, 3.63) is 63.9 Å². The Balaban J connectivity index is 2.12. The number of hydrogen-bond donors (Lipinski definition) is 0. The monoisotopic (exact) mass is 301 g/mol. The summed E-state index contributed by atoms with van der Waals surface area (Å²) in [5.41, 5.74) is 0.194. The molecular weight excluding hydrogens is 294 g/mol. The molecule has 0 aliphatic heterocycles. The lowest BCUT2D eigenvalue weighted by Gasteiger charge is -2.08. The van der Waals surface area contributed by atoms with Crippen molar-refractivity contribution in [1.29, 1.82) is 0 Å². The van der Waals surface area contributed by atoms with Gasteiger partial charge in [0.05, 0.1) is 10.3 Å². The zero-order valence-corrected chi connectivity index (χ0v) is 11.3. The molecule has 0 saturated carbocycles. The van der Waals surface area contributed by atoms with Crippen LogP contribution in [0.3, 0.4) is 0 Å². The second-order valence-corrected chi connectivity index (χ2v) is 4.53. The first-order chi connectivity index (χ1) is 10.1. The predicted octanol–water partition coefficient (Wildman–Crippen LogP) is 3.98. The molecule has 0 atom stereocenters. The molecule has 0 aliphatic carbocycles. The summed E-state index contributed by atoms with van der Waals surface area (Å²) < 4.78 is 5.65. The lowest BCUT2D eigenvalue weighted by molar-refractivity contribution is -0.383. The summed E-state index contributed by atoms with van der Waals surface area (Å²) in [6.45, 7) is 0. The first-order valence-corrected chi connectivity index (χ1v) is 6.35. The number of nitro groups is 1. The van der Waals surface area contributed by atoms with Crippen molar-refractivity contribution >= 4 is 28.2 Å². The van der Waals surface area contributed by atoms with E-state index in [1.165, 1.54) is 18.3 Å². The number of nitro benzene ring substituents is 1. The molecule has 104 valence electrons. The lowest BCUT2D eigenvalue weighted by Crippen LogP contribution is -1.94. The van der Waals surface area contributed by atoms with Crippen LogP contribution < -0.4 is 4.74 Å². The summed E-state index contributed by atoms with van der Waals surface area (Å²) in [6, 6.07) is 11.2. The van der Waals surface area contributed by atoms with Gasteiger partial charge in [-0.25, -0.2) is 9.97 Å². The van der Waals surface area contributed by atoms with Gasteiger partial charge in [0.25, 0.3) is 5.69 Å². The van der Waals surface area contributed by atoms with Crippen LogP contribution in [0.5, 0.6) is 11.6 Å². The Morgan fingerprint density at radius 1 is 1.14 bits per heavy atom. The van der Waals surface area contributed by atoms with Gasteiger partial charge in [-0.05, 0) is 24.3 Å². The summed E-state index contributed by atoms with van der Waals surface area (Å²) >= 11 is 5.80. The van der Waals surface area contributed by atoms with Crippen LogP contribution in [0.15, 0.2) is 48.7 Å². The number of benzene rings is 1. The van der Waals surface area contributed by atoms with Gasteiger partial charge in [-0.2, -0.15) is 0 Å². The standard InChI is InChI=1S/C14H8ClN3O3/c15-12-4-1-5-13(17-12)21-11-7-6-10(18(19)20)14-9(11)3-2-8-16-14/h1-8H. The molecule has 0 saturated heterocycles. The van der Waals surface area contributed by atoms with Gasteiger partial charge >= 0.3 is 0 Å². The van der Waals surface area contributed by atoms with E-state index in [1.54, 1.807) is 30.3 Å². The van der Waals surface area contributed by atoms with Crippen LogP contribution >= 0.6 is 11.6 Å². The maximum absolute atomic E-state index is 11.0. The molecule has 7 heteroatoms. The summed E-state index contributed by atoms with van der Waals surface area (Å²) in [5.74, 6) is 0.736. The average molecular weight is 302 g/mol. The third kappa shape index (κ3) is 2.61. The Kier molecular flexibility index (Phi) is 3.37. The van der Waals surface area contributed by atoms with E-state index < -0.39 is 4.92 Å². The number of fused-ring (bicyclic) bond motifs is 1. The normalized spacial score (nSPS) is 10.5. The largest absolute Gasteiger partial charge is 0.438 e. The molecule has 0 unspecified atom stereocenters. The highest BCUT2D eigenvalue weighted by Gasteiger charge is 2.16. The highest BCUT2D eigenvalue weighted by molar-refractivity contribution is 6.29. The van der Waals surface area contributed by atoms with Crippen molar-refractivity contribution in [3.8, 4) is 11.6 Å². The first kappa shape index (κ1) is 13.3. The summed E-state index contributed by atoms with van der Waals surface area (Å²) in [5, 5.41) is 11.9. The van der Waals surface area contributed by atoms with Crippen molar-refractivity contribution in [3.63, 3.8) is 0 Å². The van der Waals surface area contributed by atoms with E-state index in [9.17, 15) is 10.1 Å². The molecule has 1 aromatic carbocycles. The quantitative estimate of drug-likeness (QED) is 0.415. The Labute approximate surface area is 124 Å². The van der Waals surface area contributed by atoms with Crippen molar-refractivity contribution in [1.82, 2.24) is 9.97 Å². The van der Waals surface area contributed by atoms with E-state index in [4.69, 9.17) is 16.3 Å². The molecule has 3 aromatic rings. The number of rotatable bonds is 3.